The summed E-state index contributed by atoms with van der Waals surface area (Å²) in [5.74, 6) is 0.722. The van der Waals surface area contributed by atoms with E-state index in [0.717, 1.165) is 29.2 Å². The lowest BCUT2D eigenvalue weighted by Crippen LogP contribution is -2.48. The summed E-state index contributed by atoms with van der Waals surface area (Å²) in [7, 11) is 0. The summed E-state index contributed by atoms with van der Waals surface area (Å²) in [5, 5.41) is 4.02. The summed E-state index contributed by atoms with van der Waals surface area (Å²) in [5.41, 5.74) is 2.29. The van der Waals surface area contributed by atoms with Gasteiger partial charge in [-0.15, -0.1) is 0 Å². The Balaban J connectivity index is 1.62. The van der Waals surface area contributed by atoms with Crippen molar-refractivity contribution < 1.29 is 9.53 Å². The van der Waals surface area contributed by atoms with Crippen molar-refractivity contribution in [3.05, 3.63) is 57.8 Å². The summed E-state index contributed by atoms with van der Waals surface area (Å²) in [6.07, 6.45) is 1.58. The topological polar surface area (TPSA) is 64.1 Å². The van der Waals surface area contributed by atoms with Gasteiger partial charge in [0.25, 0.3) is 0 Å². The standard InChI is InChI=1S/C25H25Cl2N3O2/c1-5-32-15-8-6-14(7-9-15)28-22(31)25-11-10-24(4,23(25,2)3)20-21(25)30-19-13-17(27)16(26)12-18(19)29-20/h6-9,12-13H,5,10-11H2,1-4H3,(H,28,31). The molecule has 2 atom stereocenters. The zero-order valence-corrected chi connectivity index (χ0v) is 20.1. The number of nitrogens with one attached hydrogen (secondary N) is 1. The lowest BCUT2D eigenvalue weighted by molar-refractivity contribution is -0.125. The highest BCUT2D eigenvalue weighted by molar-refractivity contribution is 6.42. The monoisotopic (exact) mass is 469 g/mol. The molecule has 3 aromatic rings. The zero-order chi connectivity index (χ0) is 22.9. The third kappa shape index (κ3) is 2.67. The van der Waals surface area contributed by atoms with Gasteiger partial charge >= 0.3 is 0 Å². The summed E-state index contributed by atoms with van der Waals surface area (Å²) in [4.78, 5) is 23.9. The van der Waals surface area contributed by atoms with Crippen LogP contribution in [0.1, 0.15) is 51.9 Å². The molecular weight excluding hydrogens is 445 g/mol. The number of benzene rings is 2. The van der Waals surface area contributed by atoms with Crippen molar-refractivity contribution in [2.75, 3.05) is 11.9 Å². The first kappa shape index (κ1) is 21.5. The molecule has 5 nitrogen and oxygen atoms in total. The number of ether oxygens (including phenoxy) is 1. The van der Waals surface area contributed by atoms with Gasteiger partial charge in [-0.1, -0.05) is 44.0 Å². The Morgan fingerprint density at radius 3 is 2.19 bits per heavy atom. The van der Waals surface area contributed by atoms with Crippen molar-refractivity contribution >= 4 is 45.8 Å². The molecule has 2 aliphatic rings. The van der Waals surface area contributed by atoms with E-state index in [4.69, 9.17) is 37.9 Å². The van der Waals surface area contributed by atoms with Crippen LogP contribution in [0, 0.1) is 5.41 Å². The van der Waals surface area contributed by atoms with Crippen LogP contribution < -0.4 is 10.1 Å². The van der Waals surface area contributed by atoms with E-state index < -0.39 is 5.41 Å². The van der Waals surface area contributed by atoms with E-state index in [9.17, 15) is 4.79 Å². The van der Waals surface area contributed by atoms with Crippen molar-refractivity contribution in [1.29, 1.82) is 0 Å². The number of carbonyl (C=O) groups is 1. The fourth-order valence-electron chi connectivity index (χ4n) is 5.64. The Bertz CT molecular complexity index is 1260. The SMILES string of the molecule is CCOc1ccc(NC(=O)C23CCC(C)(c4nc5cc(Cl)c(Cl)cc5nc42)C3(C)C)cc1. The molecule has 7 heteroatoms. The molecule has 1 saturated carbocycles. The Morgan fingerprint density at radius 1 is 1.00 bits per heavy atom. The molecule has 2 unspecified atom stereocenters. The molecule has 0 spiro atoms. The highest BCUT2D eigenvalue weighted by Gasteiger charge is 2.73. The number of amides is 1. The number of anilines is 1. The normalized spacial score (nSPS) is 25.1. The lowest BCUT2D eigenvalue weighted by atomic mass is 9.63. The molecule has 1 fully saturated rings. The molecular formula is C25H25Cl2N3O2. The first-order valence-electron chi connectivity index (χ1n) is 10.9. The zero-order valence-electron chi connectivity index (χ0n) is 18.6. The van der Waals surface area contributed by atoms with Gasteiger partial charge in [-0.3, -0.25) is 4.79 Å². The molecule has 1 amide bonds. The van der Waals surface area contributed by atoms with E-state index in [1.165, 1.54) is 0 Å². The van der Waals surface area contributed by atoms with E-state index in [1.807, 2.05) is 31.2 Å². The second-order valence-electron chi connectivity index (χ2n) is 9.45. The second kappa shape index (κ2) is 7.06. The fourth-order valence-corrected chi connectivity index (χ4v) is 5.96. The maximum atomic E-state index is 13.9. The van der Waals surface area contributed by atoms with Crippen molar-refractivity contribution in [3.63, 3.8) is 0 Å². The molecule has 2 aliphatic carbocycles. The number of carbonyl (C=O) groups excluding carboxylic acids is 1. The van der Waals surface area contributed by atoms with Gasteiger partial charge in [0.15, 0.2) is 0 Å². The number of halogens is 2. The molecule has 166 valence electrons. The van der Waals surface area contributed by atoms with Crippen LogP contribution in [0.25, 0.3) is 11.0 Å². The van der Waals surface area contributed by atoms with Gasteiger partial charge < -0.3 is 10.1 Å². The first-order chi connectivity index (χ1) is 15.1. The predicted molar refractivity (Wildman–Crippen MR) is 128 cm³/mol. The van der Waals surface area contributed by atoms with Crippen molar-refractivity contribution in [2.45, 2.75) is 51.4 Å². The smallest absolute Gasteiger partial charge is 0.237 e. The van der Waals surface area contributed by atoms with E-state index in [-0.39, 0.29) is 16.7 Å². The third-order valence-corrected chi connectivity index (χ3v) is 8.61. The Hall–Kier alpha value is -2.37. The fraction of sp³-hybridized carbons (Fsp3) is 0.400. The molecule has 1 N–H and O–H groups in total. The van der Waals surface area contributed by atoms with Gasteiger partial charge in [0.2, 0.25) is 5.91 Å². The molecule has 0 aliphatic heterocycles. The summed E-state index contributed by atoms with van der Waals surface area (Å²) < 4.78 is 5.51. The Morgan fingerprint density at radius 2 is 1.59 bits per heavy atom. The van der Waals surface area contributed by atoms with Crippen molar-refractivity contribution in [3.8, 4) is 5.75 Å². The predicted octanol–water partition coefficient (Wildman–Crippen LogP) is 6.30. The van der Waals surface area contributed by atoms with Gasteiger partial charge in [0.1, 0.15) is 5.75 Å². The van der Waals surface area contributed by atoms with Crippen LogP contribution in [0.15, 0.2) is 36.4 Å². The van der Waals surface area contributed by atoms with Crippen LogP contribution in [0.5, 0.6) is 5.75 Å². The largest absolute Gasteiger partial charge is 0.494 e. The summed E-state index contributed by atoms with van der Waals surface area (Å²) in [6.45, 7) is 9.05. The number of rotatable bonds is 4. The summed E-state index contributed by atoms with van der Waals surface area (Å²) in [6, 6.07) is 10.9. The van der Waals surface area contributed by atoms with Crippen LogP contribution in [0.3, 0.4) is 0 Å². The minimum atomic E-state index is -0.789. The number of fused-ring (bicyclic) bond motifs is 6. The molecule has 32 heavy (non-hydrogen) atoms. The minimum absolute atomic E-state index is 0.0529. The molecule has 0 saturated heterocycles. The molecule has 5 rings (SSSR count). The van der Waals surface area contributed by atoms with E-state index in [1.54, 1.807) is 12.1 Å². The van der Waals surface area contributed by atoms with Crippen molar-refractivity contribution in [1.82, 2.24) is 9.97 Å². The van der Waals surface area contributed by atoms with Gasteiger partial charge in [-0.2, -0.15) is 0 Å². The maximum Gasteiger partial charge on any atom is 0.237 e. The van der Waals surface area contributed by atoms with E-state index >= 15 is 0 Å². The lowest BCUT2D eigenvalue weighted by Gasteiger charge is -2.39. The van der Waals surface area contributed by atoms with Crippen LogP contribution in [-0.2, 0) is 15.6 Å². The highest BCUT2D eigenvalue weighted by atomic mass is 35.5. The number of nitrogens with zero attached hydrogens (tertiary/aromatic N) is 2. The van der Waals surface area contributed by atoms with Crippen LogP contribution >= 0.6 is 23.2 Å². The minimum Gasteiger partial charge on any atom is -0.494 e. The number of aromatic nitrogens is 2. The third-order valence-electron chi connectivity index (χ3n) is 7.89. The van der Waals surface area contributed by atoms with Crippen molar-refractivity contribution in [2.24, 2.45) is 5.41 Å². The van der Waals surface area contributed by atoms with Crippen LogP contribution in [-0.4, -0.2) is 22.5 Å². The Kier molecular flexibility index (Phi) is 4.74. The average Bonchev–Trinajstić information content (AvgIpc) is 3.04. The molecule has 2 bridgehead atoms. The van der Waals surface area contributed by atoms with Crippen LogP contribution in [0.4, 0.5) is 5.69 Å². The van der Waals surface area contributed by atoms with Gasteiger partial charge in [-0.25, -0.2) is 9.97 Å². The maximum absolute atomic E-state index is 13.9. The van der Waals surface area contributed by atoms with E-state index in [2.05, 4.69) is 26.1 Å². The number of hydrogen-bond donors (Lipinski definition) is 1. The van der Waals surface area contributed by atoms with Crippen LogP contribution in [0.2, 0.25) is 10.0 Å². The highest BCUT2D eigenvalue weighted by Crippen LogP contribution is 2.70. The van der Waals surface area contributed by atoms with E-state index in [0.29, 0.717) is 34.1 Å². The second-order valence-corrected chi connectivity index (χ2v) is 10.3. The molecule has 1 heterocycles. The molecule has 0 radical (unpaired) electrons. The average molecular weight is 470 g/mol. The summed E-state index contributed by atoms with van der Waals surface area (Å²) >= 11 is 12.5. The first-order valence-corrected chi connectivity index (χ1v) is 11.6. The van der Waals surface area contributed by atoms with Gasteiger partial charge in [-0.05, 0) is 61.6 Å². The molecule has 1 aromatic heterocycles. The quantitative estimate of drug-likeness (QED) is 0.486. The van der Waals surface area contributed by atoms with Gasteiger partial charge in [0, 0.05) is 11.1 Å². The molecule has 2 aromatic carbocycles. The van der Waals surface area contributed by atoms with Gasteiger partial charge in [0.05, 0.1) is 44.5 Å². The Labute approximate surface area is 197 Å². The number of hydrogen-bond acceptors (Lipinski definition) is 4.